The molecule has 5 rings (SSSR count). The third-order valence-electron chi connectivity index (χ3n) is 8.43. The lowest BCUT2D eigenvalue weighted by atomic mass is 9.66. The molecule has 212 valence electrons. The predicted molar refractivity (Wildman–Crippen MR) is 153 cm³/mol. The minimum Gasteiger partial charge on any atom is -0.494 e. The zero-order valence-corrected chi connectivity index (χ0v) is 23.9. The minimum absolute atomic E-state index is 0.0476. The number of Topliss-reactive ketones (excluding diaryl/α,β-unsaturated/α-hetero) is 1. The van der Waals surface area contributed by atoms with Gasteiger partial charge >= 0.3 is 5.97 Å². The number of hydrogen-bond acceptors (Lipinski definition) is 7. The number of rotatable bonds is 8. The monoisotopic (exact) mass is 545 g/mol. The number of fused-ring (bicyclic) bond motifs is 1. The van der Waals surface area contributed by atoms with Crippen molar-refractivity contribution in [3.8, 4) is 17.2 Å². The Morgan fingerprint density at radius 3 is 2.40 bits per heavy atom. The summed E-state index contributed by atoms with van der Waals surface area (Å²) in [5.41, 5.74) is 3.73. The molecule has 2 aromatic rings. The molecule has 40 heavy (non-hydrogen) atoms. The fourth-order valence-electron chi connectivity index (χ4n) is 6.54. The van der Waals surface area contributed by atoms with Gasteiger partial charge in [-0.05, 0) is 75.6 Å². The van der Waals surface area contributed by atoms with E-state index in [2.05, 4.69) is 0 Å². The Morgan fingerprint density at radius 1 is 0.925 bits per heavy atom. The molecule has 2 aromatic carbocycles. The number of ketones is 1. The summed E-state index contributed by atoms with van der Waals surface area (Å²) >= 11 is 0. The number of carbonyl (C=O) groups excluding carboxylic acids is 2. The highest BCUT2D eigenvalue weighted by Gasteiger charge is 2.47. The standard InChI is InChI=1S/C33H39NO6/c1-5-39-27-14-10-9-13-24(27)31-30(33(36)40-23-11-7-6-8-12-23)20(2)34-25-17-22(18-26(35)32(25)31)21-15-16-28(37-3)29(19-21)38-4/h9-10,13-16,19,22-23,31-32H,5-8,11-12,17-18H2,1-4H3/t22-,31-,32?/m1/s1. The second kappa shape index (κ2) is 12.3. The van der Waals surface area contributed by atoms with Crippen molar-refractivity contribution in [3.05, 3.63) is 64.9 Å². The lowest BCUT2D eigenvalue weighted by Gasteiger charge is -2.39. The first kappa shape index (κ1) is 27.9. The molecule has 7 heteroatoms. The number of para-hydroxylation sites is 1. The van der Waals surface area contributed by atoms with E-state index in [-0.39, 0.29) is 23.8 Å². The molecule has 0 amide bonds. The Bertz CT molecular complexity index is 1320. The normalized spacial score (nSPS) is 23.2. The van der Waals surface area contributed by atoms with Gasteiger partial charge in [-0.3, -0.25) is 9.79 Å². The number of ether oxygens (including phenoxy) is 4. The van der Waals surface area contributed by atoms with Crippen LogP contribution >= 0.6 is 0 Å². The summed E-state index contributed by atoms with van der Waals surface area (Å²) in [5.74, 6) is 0.562. The molecule has 1 aliphatic heterocycles. The highest BCUT2D eigenvalue weighted by Crippen LogP contribution is 2.48. The van der Waals surface area contributed by atoms with Crippen molar-refractivity contribution in [2.75, 3.05) is 20.8 Å². The first-order valence-electron chi connectivity index (χ1n) is 14.4. The van der Waals surface area contributed by atoms with Gasteiger partial charge in [0.25, 0.3) is 0 Å². The third kappa shape index (κ3) is 5.51. The van der Waals surface area contributed by atoms with Gasteiger partial charge in [-0.25, -0.2) is 4.79 Å². The number of nitrogens with zero attached hydrogens (tertiary/aromatic N) is 1. The lowest BCUT2D eigenvalue weighted by molar-refractivity contribution is -0.146. The summed E-state index contributed by atoms with van der Waals surface area (Å²) in [5, 5.41) is 0. The van der Waals surface area contributed by atoms with Crippen molar-refractivity contribution in [1.29, 1.82) is 0 Å². The topological polar surface area (TPSA) is 83.4 Å². The minimum atomic E-state index is -0.546. The zero-order chi connectivity index (χ0) is 28.2. The Labute approximate surface area is 236 Å². The number of aliphatic imine (C=N–C) groups is 1. The van der Waals surface area contributed by atoms with Gasteiger partial charge in [-0.2, -0.15) is 0 Å². The molecule has 2 aliphatic carbocycles. The number of hydrogen-bond donors (Lipinski definition) is 0. The molecule has 0 radical (unpaired) electrons. The molecule has 1 heterocycles. The summed E-state index contributed by atoms with van der Waals surface area (Å²) in [6, 6.07) is 13.5. The van der Waals surface area contributed by atoms with E-state index in [9.17, 15) is 9.59 Å². The summed E-state index contributed by atoms with van der Waals surface area (Å²) < 4.78 is 23.0. The highest BCUT2D eigenvalue weighted by atomic mass is 16.5. The fraction of sp³-hybridized carbons (Fsp3) is 0.485. The van der Waals surface area contributed by atoms with E-state index in [0.717, 1.165) is 42.5 Å². The number of carbonyl (C=O) groups is 2. The SMILES string of the molecule is CCOc1ccccc1[C@@H]1C(C(=O)OC2CCCCC2)=C(C)N=C2C[C@@H](c3ccc(OC)c(OC)c3)CC(=O)C21. The van der Waals surface area contributed by atoms with Crippen molar-refractivity contribution < 1.29 is 28.5 Å². The smallest absolute Gasteiger partial charge is 0.336 e. The van der Waals surface area contributed by atoms with Gasteiger partial charge in [-0.1, -0.05) is 30.7 Å². The van der Waals surface area contributed by atoms with E-state index in [1.165, 1.54) is 6.42 Å². The van der Waals surface area contributed by atoms with E-state index < -0.39 is 11.8 Å². The first-order chi connectivity index (χ1) is 19.4. The lowest BCUT2D eigenvalue weighted by Crippen LogP contribution is -2.41. The third-order valence-corrected chi connectivity index (χ3v) is 8.43. The largest absolute Gasteiger partial charge is 0.494 e. The van der Waals surface area contributed by atoms with Crippen molar-refractivity contribution in [3.63, 3.8) is 0 Å². The van der Waals surface area contributed by atoms with Crippen molar-refractivity contribution in [2.24, 2.45) is 10.9 Å². The van der Waals surface area contributed by atoms with Gasteiger partial charge in [-0.15, -0.1) is 0 Å². The Balaban J connectivity index is 1.55. The summed E-state index contributed by atoms with van der Waals surface area (Å²) in [4.78, 5) is 32.8. The quantitative estimate of drug-likeness (QED) is 0.350. The Hall–Kier alpha value is -3.61. The number of allylic oxidation sites excluding steroid dienone is 1. The molecule has 0 saturated heterocycles. The number of methoxy groups -OCH3 is 2. The molecule has 0 N–H and O–H groups in total. The van der Waals surface area contributed by atoms with Crippen molar-refractivity contribution in [1.82, 2.24) is 0 Å². The van der Waals surface area contributed by atoms with E-state index in [1.807, 2.05) is 56.3 Å². The van der Waals surface area contributed by atoms with Crippen molar-refractivity contribution >= 4 is 17.5 Å². The van der Waals surface area contributed by atoms with E-state index in [0.29, 0.717) is 48.0 Å². The van der Waals surface area contributed by atoms with Gasteiger partial charge in [0.1, 0.15) is 17.6 Å². The molecule has 1 unspecified atom stereocenters. The van der Waals surface area contributed by atoms with Crippen LogP contribution in [0.3, 0.4) is 0 Å². The molecule has 3 aliphatic rings. The van der Waals surface area contributed by atoms with Crippen molar-refractivity contribution in [2.45, 2.75) is 76.7 Å². The molecular formula is C33H39NO6. The molecule has 3 atom stereocenters. The van der Waals surface area contributed by atoms with E-state index in [4.69, 9.17) is 23.9 Å². The van der Waals surface area contributed by atoms with Crippen LogP contribution in [-0.2, 0) is 14.3 Å². The molecule has 7 nitrogen and oxygen atoms in total. The van der Waals surface area contributed by atoms with Gasteiger partial charge < -0.3 is 18.9 Å². The van der Waals surface area contributed by atoms with Crippen LogP contribution in [0.5, 0.6) is 17.2 Å². The molecule has 0 spiro atoms. The molecule has 2 saturated carbocycles. The summed E-state index contributed by atoms with van der Waals surface area (Å²) in [6.07, 6.45) is 5.92. The average molecular weight is 546 g/mol. The zero-order valence-electron chi connectivity index (χ0n) is 23.9. The molecule has 2 fully saturated rings. The van der Waals surface area contributed by atoms with Crippen LogP contribution in [0.1, 0.15) is 81.8 Å². The van der Waals surface area contributed by atoms with Crippen LogP contribution < -0.4 is 14.2 Å². The van der Waals surface area contributed by atoms with Gasteiger partial charge in [0.05, 0.1) is 32.3 Å². The van der Waals surface area contributed by atoms with E-state index in [1.54, 1.807) is 14.2 Å². The summed E-state index contributed by atoms with van der Waals surface area (Å²) in [6.45, 7) is 4.28. The second-order valence-electron chi connectivity index (χ2n) is 10.9. The molecular weight excluding hydrogens is 506 g/mol. The summed E-state index contributed by atoms with van der Waals surface area (Å²) in [7, 11) is 3.21. The van der Waals surface area contributed by atoms with Crippen LogP contribution in [-0.4, -0.2) is 44.4 Å². The van der Waals surface area contributed by atoms with Crippen LogP contribution in [0.2, 0.25) is 0 Å². The van der Waals surface area contributed by atoms with Gasteiger partial charge in [0, 0.05) is 29.3 Å². The first-order valence-corrected chi connectivity index (χ1v) is 14.4. The van der Waals surface area contributed by atoms with Gasteiger partial charge in [0.2, 0.25) is 0 Å². The fourth-order valence-corrected chi connectivity index (χ4v) is 6.54. The Morgan fingerprint density at radius 2 is 1.68 bits per heavy atom. The van der Waals surface area contributed by atoms with Crippen LogP contribution in [0.15, 0.2) is 58.7 Å². The number of benzene rings is 2. The molecule has 0 bridgehead atoms. The number of esters is 1. The predicted octanol–water partition coefficient (Wildman–Crippen LogP) is 6.55. The van der Waals surface area contributed by atoms with Crippen LogP contribution in [0.25, 0.3) is 0 Å². The Kier molecular flexibility index (Phi) is 8.57. The maximum absolute atomic E-state index is 14.1. The second-order valence-corrected chi connectivity index (χ2v) is 10.9. The van der Waals surface area contributed by atoms with Gasteiger partial charge in [0.15, 0.2) is 11.5 Å². The van der Waals surface area contributed by atoms with Crippen LogP contribution in [0.4, 0.5) is 0 Å². The maximum Gasteiger partial charge on any atom is 0.336 e. The highest BCUT2D eigenvalue weighted by molar-refractivity contribution is 6.12. The van der Waals surface area contributed by atoms with E-state index >= 15 is 0 Å². The molecule has 0 aromatic heterocycles. The van der Waals surface area contributed by atoms with Crippen LogP contribution in [0, 0.1) is 5.92 Å². The maximum atomic E-state index is 14.1. The average Bonchev–Trinajstić information content (AvgIpc) is 2.97.